The van der Waals surface area contributed by atoms with Crippen LogP contribution in [0.4, 0.5) is 0 Å². The molecule has 0 bridgehead atoms. The van der Waals surface area contributed by atoms with Crippen LogP contribution in [-0.4, -0.2) is 34.2 Å². The van der Waals surface area contributed by atoms with E-state index in [1.807, 2.05) is 0 Å². The molecular formula is C10H14N2O4S. The highest BCUT2D eigenvalue weighted by Gasteiger charge is 2.31. The predicted molar refractivity (Wildman–Crippen MR) is 61.4 cm³/mol. The monoisotopic (exact) mass is 258 g/mol. The van der Waals surface area contributed by atoms with Crippen molar-refractivity contribution in [1.29, 1.82) is 0 Å². The quantitative estimate of drug-likeness (QED) is 0.864. The molecule has 0 spiro atoms. The normalized spacial score (nSPS) is 12.4. The fourth-order valence-electron chi connectivity index (χ4n) is 1.05. The minimum absolute atomic E-state index is 0.0161. The lowest BCUT2D eigenvalue weighted by molar-refractivity contribution is 0.0695. The Bertz CT molecular complexity index is 531. The van der Waals surface area contributed by atoms with Gasteiger partial charge in [0.05, 0.1) is 16.2 Å². The molecule has 0 radical (unpaired) electrons. The van der Waals surface area contributed by atoms with E-state index in [9.17, 15) is 13.2 Å². The van der Waals surface area contributed by atoms with Gasteiger partial charge in [0.15, 0.2) is 9.84 Å². The molecule has 1 N–H and O–H groups in total. The minimum atomic E-state index is -3.46. The second-order valence-corrected chi connectivity index (χ2v) is 7.30. The van der Waals surface area contributed by atoms with E-state index in [-0.39, 0.29) is 11.3 Å². The highest BCUT2D eigenvalue weighted by molar-refractivity contribution is 7.91. The fraction of sp³-hybridized carbons (Fsp3) is 0.500. The Morgan fingerprint density at radius 3 is 2.47 bits per heavy atom. The van der Waals surface area contributed by atoms with Crippen LogP contribution in [0.2, 0.25) is 0 Å². The van der Waals surface area contributed by atoms with Crippen LogP contribution >= 0.6 is 0 Å². The Morgan fingerprint density at radius 1 is 1.41 bits per heavy atom. The van der Waals surface area contributed by atoms with Gasteiger partial charge in [0.1, 0.15) is 11.9 Å². The van der Waals surface area contributed by atoms with E-state index in [4.69, 9.17) is 5.11 Å². The SMILES string of the molecule is CC(C)(C)S(=O)(=O)Cc1ncncc1C(=O)O. The summed E-state index contributed by atoms with van der Waals surface area (Å²) in [5.74, 6) is -1.63. The molecule has 0 atom stereocenters. The highest BCUT2D eigenvalue weighted by atomic mass is 32.2. The van der Waals surface area contributed by atoms with Gasteiger partial charge in [0.25, 0.3) is 0 Å². The van der Waals surface area contributed by atoms with E-state index in [1.54, 1.807) is 20.8 Å². The van der Waals surface area contributed by atoms with E-state index in [0.29, 0.717) is 0 Å². The van der Waals surface area contributed by atoms with Crippen molar-refractivity contribution >= 4 is 15.8 Å². The van der Waals surface area contributed by atoms with Gasteiger partial charge in [-0.1, -0.05) is 0 Å². The third-order valence-electron chi connectivity index (χ3n) is 2.28. The van der Waals surface area contributed by atoms with Crippen LogP contribution in [0.25, 0.3) is 0 Å². The molecule has 7 heteroatoms. The van der Waals surface area contributed by atoms with Gasteiger partial charge in [-0.05, 0) is 20.8 Å². The van der Waals surface area contributed by atoms with Crippen molar-refractivity contribution in [3.05, 3.63) is 23.8 Å². The summed E-state index contributed by atoms with van der Waals surface area (Å²) < 4.78 is 22.9. The maximum atomic E-state index is 11.9. The molecule has 0 aliphatic rings. The Morgan fingerprint density at radius 2 is 2.00 bits per heavy atom. The van der Waals surface area contributed by atoms with Crippen molar-refractivity contribution in [3.63, 3.8) is 0 Å². The molecule has 1 heterocycles. The maximum Gasteiger partial charge on any atom is 0.339 e. The van der Waals surface area contributed by atoms with Crippen molar-refractivity contribution in [2.75, 3.05) is 0 Å². The Labute approximate surface area is 99.6 Å². The Kier molecular flexibility index (Phi) is 3.51. The number of sulfone groups is 1. The van der Waals surface area contributed by atoms with Gasteiger partial charge in [0.2, 0.25) is 0 Å². The number of hydrogen-bond acceptors (Lipinski definition) is 5. The van der Waals surface area contributed by atoms with Gasteiger partial charge in [-0.2, -0.15) is 0 Å². The summed E-state index contributed by atoms with van der Waals surface area (Å²) in [5, 5.41) is 8.89. The molecule has 0 aromatic carbocycles. The topological polar surface area (TPSA) is 97.2 Å². The molecule has 0 saturated heterocycles. The summed E-state index contributed by atoms with van der Waals surface area (Å²) in [5.41, 5.74) is -0.164. The second-order valence-electron chi connectivity index (χ2n) is 4.56. The maximum absolute atomic E-state index is 11.9. The first-order chi connectivity index (χ1) is 7.65. The number of carboxylic acid groups (broad SMARTS) is 1. The molecule has 17 heavy (non-hydrogen) atoms. The number of rotatable bonds is 3. The average Bonchev–Trinajstić information content (AvgIpc) is 2.15. The van der Waals surface area contributed by atoms with Crippen molar-refractivity contribution in [2.24, 2.45) is 0 Å². The van der Waals surface area contributed by atoms with Crippen LogP contribution in [0.1, 0.15) is 36.8 Å². The van der Waals surface area contributed by atoms with Crippen molar-refractivity contribution in [2.45, 2.75) is 31.3 Å². The number of aromatic carboxylic acids is 1. The average molecular weight is 258 g/mol. The first kappa shape index (κ1) is 13.6. The van der Waals surface area contributed by atoms with Crippen LogP contribution < -0.4 is 0 Å². The lowest BCUT2D eigenvalue weighted by Gasteiger charge is -2.19. The second kappa shape index (κ2) is 4.40. The first-order valence-corrected chi connectivity index (χ1v) is 6.55. The van der Waals surface area contributed by atoms with Crippen LogP contribution in [0, 0.1) is 0 Å². The van der Waals surface area contributed by atoms with E-state index >= 15 is 0 Å². The molecule has 6 nitrogen and oxygen atoms in total. The molecule has 0 saturated carbocycles. The molecule has 1 rings (SSSR count). The molecule has 0 unspecified atom stereocenters. The summed E-state index contributed by atoms with van der Waals surface area (Å²) in [6, 6.07) is 0. The van der Waals surface area contributed by atoms with Gasteiger partial charge in [-0.15, -0.1) is 0 Å². The molecule has 1 aromatic heterocycles. The van der Waals surface area contributed by atoms with Crippen LogP contribution in [0.5, 0.6) is 0 Å². The highest BCUT2D eigenvalue weighted by Crippen LogP contribution is 2.20. The Hall–Kier alpha value is -1.50. The molecule has 0 aliphatic carbocycles. The zero-order chi connectivity index (χ0) is 13.3. The Balaban J connectivity index is 3.18. The van der Waals surface area contributed by atoms with Crippen LogP contribution in [-0.2, 0) is 15.6 Å². The van der Waals surface area contributed by atoms with E-state index in [1.165, 1.54) is 0 Å². The summed E-state index contributed by atoms with van der Waals surface area (Å²) >= 11 is 0. The van der Waals surface area contributed by atoms with Crippen molar-refractivity contribution in [1.82, 2.24) is 9.97 Å². The minimum Gasteiger partial charge on any atom is -0.478 e. The number of nitrogens with zero attached hydrogens (tertiary/aromatic N) is 2. The zero-order valence-corrected chi connectivity index (χ0v) is 10.7. The van der Waals surface area contributed by atoms with E-state index < -0.39 is 26.3 Å². The summed E-state index contributed by atoms with van der Waals surface area (Å²) in [4.78, 5) is 18.2. The first-order valence-electron chi connectivity index (χ1n) is 4.89. The summed E-state index contributed by atoms with van der Waals surface area (Å²) in [6.07, 6.45) is 2.24. The van der Waals surface area contributed by atoms with Crippen LogP contribution in [0.3, 0.4) is 0 Å². The van der Waals surface area contributed by atoms with Crippen molar-refractivity contribution in [3.8, 4) is 0 Å². The van der Waals surface area contributed by atoms with E-state index in [2.05, 4.69) is 9.97 Å². The van der Waals surface area contributed by atoms with Gasteiger partial charge in [-0.3, -0.25) is 0 Å². The largest absolute Gasteiger partial charge is 0.478 e. The van der Waals surface area contributed by atoms with Gasteiger partial charge in [0, 0.05) is 6.20 Å². The third-order valence-corrected chi connectivity index (χ3v) is 4.80. The zero-order valence-electron chi connectivity index (χ0n) is 9.84. The molecular weight excluding hydrogens is 244 g/mol. The summed E-state index contributed by atoms with van der Waals surface area (Å²) in [7, 11) is -3.46. The van der Waals surface area contributed by atoms with Gasteiger partial charge >= 0.3 is 5.97 Å². The lowest BCUT2D eigenvalue weighted by atomic mass is 10.2. The smallest absolute Gasteiger partial charge is 0.339 e. The lowest BCUT2D eigenvalue weighted by Crippen LogP contribution is -2.30. The fourth-order valence-corrected chi connectivity index (χ4v) is 2.07. The molecule has 94 valence electrons. The van der Waals surface area contributed by atoms with Crippen molar-refractivity contribution < 1.29 is 18.3 Å². The molecule has 1 aromatic rings. The third kappa shape index (κ3) is 3.00. The standard InChI is InChI=1S/C10H14N2O4S/c1-10(2,3)17(15,16)5-8-7(9(13)14)4-11-6-12-8/h4,6H,5H2,1-3H3,(H,13,14). The molecule has 0 amide bonds. The number of hydrogen-bond donors (Lipinski definition) is 1. The number of carbonyl (C=O) groups is 1. The molecule has 0 aliphatic heterocycles. The van der Waals surface area contributed by atoms with E-state index in [0.717, 1.165) is 12.5 Å². The molecule has 0 fully saturated rings. The number of aromatic nitrogens is 2. The number of carboxylic acids is 1. The summed E-state index contributed by atoms with van der Waals surface area (Å²) in [6.45, 7) is 4.68. The van der Waals surface area contributed by atoms with Gasteiger partial charge < -0.3 is 5.11 Å². The van der Waals surface area contributed by atoms with Crippen LogP contribution in [0.15, 0.2) is 12.5 Å². The van der Waals surface area contributed by atoms with Gasteiger partial charge in [-0.25, -0.2) is 23.2 Å². The predicted octanol–water partition coefficient (Wildman–Crippen LogP) is 0.888.